The van der Waals surface area contributed by atoms with E-state index >= 15 is 0 Å². The lowest BCUT2D eigenvalue weighted by molar-refractivity contribution is 0.0968. The number of β-amino-alcohol motifs (C(OH)–C–C–N with tert-alkyl or cyclic N) is 1. The van der Waals surface area contributed by atoms with Crippen molar-refractivity contribution in [2.24, 2.45) is 0 Å². The first-order chi connectivity index (χ1) is 7.75. The Bertz CT molecular complexity index is 346. The summed E-state index contributed by atoms with van der Waals surface area (Å²) < 4.78 is 18.6. The minimum Gasteiger partial charge on any atom is -0.392 e. The molecular formula is C12H16FNO2. The van der Waals surface area contributed by atoms with E-state index in [0.29, 0.717) is 25.1 Å². The Kier molecular flexibility index (Phi) is 3.88. The standard InChI is InChI=1S/C12H16FNO2/c13-12-4-2-1-3-9(12)7-16-8-10-5-11(15)6-14-10/h1-4,10-11,14-15H,5-8H2/t10-,11?/m0/s1. The molecule has 0 bridgehead atoms. The number of rotatable bonds is 4. The Morgan fingerprint density at radius 2 is 2.25 bits per heavy atom. The van der Waals surface area contributed by atoms with Gasteiger partial charge >= 0.3 is 0 Å². The van der Waals surface area contributed by atoms with Crippen LogP contribution >= 0.6 is 0 Å². The Morgan fingerprint density at radius 1 is 1.44 bits per heavy atom. The first-order valence-electron chi connectivity index (χ1n) is 5.48. The molecule has 0 radical (unpaired) electrons. The third-order valence-corrected chi connectivity index (χ3v) is 2.73. The number of benzene rings is 1. The molecule has 0 aliphatic carbocycles. The molecule has 0 saturated carbocycles. The van der Waals surface area contributed by atoms with Crippen LogP contribution in [0.5, 0.6) is 0 Å². The second kappa shape index (κ2) is 5.39. The van der Waals surface area contributed by atoms with E-state index in [1.807, 2.05) is 0 Å². The zero-order chi connectivity index (χ0) is 11.4. The van der Waals surface area contributed by atoms with E-state index in [9.17, 15) is 9.50 Å². The van der Waals surface area contributed by atoms with E-state index in [2.05, 4.69) is 5.32 Å². The summed E-state index contributed by atoms with van der Waals surface area (Å²) >= 11 is 0. The van der Waals surface area contributed by atoms with Crippen LogP contribution in [0.15, 0.2) is 24.3 Å². The molecule has 1 saturated heterocycles. The lowest BCUT2D eigenvalue weighted by atomic mass is 10.2. The zero-order valence-electron chi connectivity index (χ0n) is 9.03. The number of hydrogen-bond acceptors (Lipinski definition) is 3. The summed E-state index contributed by atoms with van der Waals surface area (Å²) in [5, 5.41) is 12.4. The maximum absolute atomic E-state index is 13.2. The molecule has 0 aromatic heterocycles. The maximum Gasteiger partial charge on any atom is 0.128 e. The quantitative estimate of drug-likeness (QED) is 0.805. The second-order valence-corrected chi connectivity index (χ2v) is 4.10. The number of ether oxygens (including phenoxy) is 1. The smallest absolute Gasteiger partial charge is 0.128 e. The van der Waals surface area contributed by atoms with Crippen molar-refractivity contribution >= 4 is 0 Å². The van der Waals surface area contributed by atoms with E-state index in [0.717, 1.165) is 0 Å². The average molecular weight is 225 g/mol. The van der Waals surface area contributed by atoms with Crippen molar-refractivity contribution < 1.29 is 14.2 Å². The lowest BCUT2D eigenvalue weighted by Gasteiger charge is -2.10. The molecule has 1 heterocycles. The molecule has 1 unspecified atom stereocenters. The molecule has 1 aliphatic heterocycles. The van der Waals surface area contributed by atoms with Crippen molar-refractivity contribution in [3.05, 3.63) is 35.6 Å². The molecule has 4 heteroatoms. The summed E-state index contributed by atoms with van der Waals surface area (Å²) in [6.07, 6.45) is 0.430. The molecular weight excluding hydrogens is 209 g/mol. The molecule has 16 heavy (non-hydrogen) atoms. The van der Waals surface area contributed by atoms with Gasteiger partial charge in [0.2, 0.25) is 0 Å². The van der Waals surface area contributed by atoms with Gasteiger partial charge in [-0.1, -0.05) is 18.2 Å². The topological polar surface area (TPSA) is 41.5 Å². The number of hydrogen-bond donors (Lipinski definition) is 2. The minimum atomic E-state index is -0.276. The molecule has 2 N–H and O–H groups in total. The molecule has 1 aromatic carbocycles. The average Bonchev–Trinajstić information content (AvgIpc) is 2.67. The number of nitrogens with one attached hydrogen (secondary N) is 1. The fourth-order valence-corrected chi connectivity index (χ4v) is 1.85. The van der Waals surface area contributed by atoms with Gasteiger partial charge in [0.1, 0.15) is 5.82 Å². The summed E-state index contributed by atoms with van der Waals surface area (Å²) in [6, 6.07) is 6.78. The molecule has 1 fully saturated rings. The number of aliphatic hydroxyl groups excluding tert-OH is 1. The highest BCUT2D eigenvalue weighted by molar-refractivity contribution is 5.16. The molecule has 0 amide bonds. The van der Waals surface area contributed by atoms with Crippen LogP contribution in [0.25, 0.3) is 0 Å². The van der Waals surface area contributed by atoms with Crippen LogP contribution in [0.4, 0.5) is 4.39 Å². The normalized spacial score (nSPS) is 24.9. The number of aliphatic hydroxyl groups is 1. The Hall–Kier alpha value is -0.970. The first-order valence-corrected chi connectivity index (χ1v) is 5.48. The van der Waals surface area contributed by atoms with Crippen LogP contribution in [0.2, 0.25) is 0 Å². The van der Waals surface area contributed by atoms with E-state index in [1.54, 1.807) is 18.2 Å². The monoisotopic (exact) mass is 225 g/mol. The van der Waals surface area contributed by atoms with Gasteiger partial charge in [-0.3, -0.25) is 0 Å². The third kappa shape index (κ3) is 3.01. The summed E-state index contributed by atoms with van der Waals surface area (Å²) in [5.74, 6) is -0.234. The second-order valence-electron chi connectivity index (χ2n) is 4.10. The van der Waals surface area contributed by atoms with Gasteiger partial charge in [-0.2, -0.15) is 0 Å². The third-order valence-electron chi connectivity index (χ3n) is 2.73. The molecule has 1 aliphatic rings. The molecule has 2 rings (SSSR count). The van der Waals surface area contributed by atoms with E-state index in [4.69, 9.17) is 4.74 Å². The number of halogens is 1. The van der Waals surface area contributed by atoms with E-state index in [-0.39, 0.29) is 24.6 Å². The summed E-state index contributed by atoms with van der Waals surface area (Å²) in [6.45, 7) is 1.40. The van der Waals surface area contributed by atoms with E-state index in [1.165, 1.54) is 6.07 Å². The Balaban J connectivity index is 1.74. The molecule has 88 valence electrons. The zero-order valence-corrected chi connectivity index (χ0v) is 9.03. The van der Waals surface area contributed by atoms with Gasteiger partial charge in [-0.25, -0.2) is 4.39 Å². The fraction of sp³-hybridized carbons (Fsp3) is 0.500. The van der Waals surface area contributed by atoms with Gasteiger partial charge in [0.15, 0.2) is 0 Å². The van der Waals surface area contributed by atoms with Crippen LogP contribution in [0.3, 0.4) is 0 Å². The van der Waals surface area contributed by atoms with Gasteiger partial charge in [0.05, 0.1) is 19.3 Å². The van der Waals surface area contributed by atoms with Crippen molar-refractivity contribution in [1.82, 2.24) is 5.32 Å². The van der Waals surface area contributed by atoms with Crippen LogP contribution in [0, 0.1) is 5.82 Å². The van der Waals surface area contributed by atoms with Crippen LogP contribution in [0.1, 0.15) is 12.0 Å². The van der Waals surface area contributed by atoms with Crippen LogP contribution in [-0.2, 0) is 11.3 Å². The molecule has 3 nitrogen and oxygen atoms in total. The molecule has 1 aromatic rings. The lowest BCUT2D eigenvalue weighted by Crippen LogP contribution is -2.26. The maximum atomic E-state index is 13.2. The summed E-state index contributed by atoms with van der Waals surface area (Å²) in [5.41, 5.74) is 0.570. The predicted octanol–water partition coefficient (Wildman–Crippen LogP) is 1.07. The van der Waals surface area contributed by atoms with E-state index < -0.39 is 0 Å². The highest BCUT2D eigenvalue weighted by atomic mass is 19.1. The highest BCUT2D eigenvalue weighted by Gasteiger charge is 2.21. The minimum absolute atomic E-state index is 0.182. The van der Waals surface area contributed by atoms with Crippen LogP contribution in [-0.4, -0.2) is 30.4 Å². The largest absolute Gasteiger partial charge is 0.392 e. The van der Waals surface area contributed by atoms with Gasteiger partial charge in [-0.15, -0.1) is 0 Å². The highest BCUT2D eigenvalue weighted by Crippen LogP contribution is 2.10. The molecule has 2 atom stereocenters. The Labute approximate surface area is 94.2 Å². The first kappa shape index (κ1) is 11.5. The fourth-order valence-electron chi connectivity index (χ4n) is 1.85. The van der Waals surface area contributed by atoms with Crippen LogP contribution < -0.4 is 5.32 Å². The van der Waals surface area contributed by atoms with Crippen molar-refractivity contribution in [1.29, 1.82) is 0 Å². The van der Waals surface area contributed by atoms with Crippen molar-refractivity contribution in [2.75, 3.05) is 13.2 Å². The summed E-state index contributed by atoms with van der Waals surface area (Å²) in [7, 11) is 0. The SMILES string of the molecule is OC1CN[C@H](COCc2ccccc2F)C1. The Morgan fingerprint density at radius 3 is 2.94 bits per heavy atom. The van der Waals surface area contributed by atoms with Crippen molar-refractivity contribution in [2.45, 2.75) is 25.2 Å². The van der Waals surface area contributed by atoms with Crippen molar-refractivity contribution in [3.8, 4) is 0 Å². The van der Waals surface area contributed by atoms with Crippen molar-refractivity contribution in [3.63, 3.8) is 0 Å². The predicted molar refractivity (Wildman–Crippen MR) is 58.5 cm³/mol. The van der Waals surface area contributed by atoms with Gasteiger partial charge in [0.25, 0.3) is 0 Å². The van der Waals surface area contributed by atoms with Gasteiger partial charge in [-0.05, 0) is 12.5 Å². The van der Waals surface area contributed by atoms with Gasteiger partial charge in [0, 0.05) is 18.2 Å². The summed E-state index contributed by atoms with van der Waals surface area (Å²) in [4.78, 5) is 0. The molecule has 0 spiro atoms. The van der Waals surface area contributed by atoms with Gasteiger partial charge < -0.3 is 15.2 Å².